The van der Waals surface area contributed by atoms with Crippen LogP contribution in [0.4, 0.5) is 0 Å². The van der Waals surface area contributed by atoms with Gasteiger partial charge in [-0.3, -0.25) is 0 Å². The number of hydrogen-bond acceptors (Lipinski definition) is 0. The fourth-order valence-electron chi connectivity index (χ4n) is 0. The van der Waals surface area contributed by atoms with Gasteiger partial charge >= 0.3 is 0 Å². The first kappa shape index (κ1) is 43.3. The van der Waals surface area contributed by atoms with Crippen LogP contribution in [-0.2, 0) is 84.3 Å². The Morgan fingerprint density at radius 2 is 0.444 bits per heavy atom. The molecule has 0 spiro atoms. The first-order valence-corrected chi connectivity index (χ1v) is 9.00. The maximum absolute atomic E-state index is 6.24. The Balaban J connectivity index is -0.00000000698. The van der Waals surface area contributed by atoms with Crippen molar-refractivity contribution in [2.24, 2.45) is 0 Å². The molecule has 0 aliphatic carbocycles. The second-order valence-electron chi connectivity index (χ2n) is 0. The predicted molar refractivity (Wildman–Crippen MR) is 96.6 cm³/mol. The van der Waals surface area contributed by atoms with E-state index in [1.807, 2.05) is 68.2 Å². The summed E-state index contributed by atoms with van der Waals surface area (Å²) in [5.74, 6) is 0. The van der Waals surface area contributed by atoms with Crippen molar-refractivity contribution in [1.29, 1.82) is 5.11 Å². The maximum atomic E-state index is 6.24. The Labute approximate surface area is 192 Å². The third-order valence-electron chi connectivity index (χ3n) is 0. The van der Waals surface area contributed by atoms with E-state index in [0.29, 0.717) is 36.7 Å². The molecule has 8 heteroatoms. The van der Waals surface area contributed by atoms with Crippen molar-refractivity contribution in [2.45, 2.75) is 41.5 Å². The summed E-state index contributed by atoms with van der Waals surface area (Å²) >= 11 is 0. The van der Waals surface area contributed by atoms with Gasteiger partial charge in [0.1, 0.15) is 0 Å². The molecule has 0 aliphatic rings. The van der Waals surface area contributed by atoms with Crippen molar-refractivity contribution in [3.63, 3.8) is 0 Å². The molecule has 0 saturated carbocycles. The van der Waals surface area contributed by atoms with Crippen LogP contribution in [0.1, 0.15) is 41.5 Å². The Bertz CT molecular complexity index is 48.9. The Morgan fingerprint density at radius 1 is 0.444 bits per heavy atom. The van der Waals surface area contributed by atoms with Crippen LogP contribution in [0.15, 0.2) is 0 Å². The first-order valence-electron chi connectivity index (χ1n) is 7.00. The number of hydrogen-bond donors (Lipinski definition) is 0. The van der Waals surface area contributed by atoms with Crippen LogP contribution < -0.4 is 0 Å². The largest absolute Gasteiger partial charge is 0.141 e. The molecule has 0 aliphatic heterocycles. The fourth-order valence-corrected chi connectivity index (χ4v) is 0. The van der Waals surface area contributed by atoms with Crippen molar-refractivity contribution < 1.29 is 84.3 Å². The van der Waals surface area contributed by atoms with Crippen LogP contribution in [0.25, 0.3) is 0 Å². The monoisotopic (exact) mass is 1030 g/mol. The van der Waals surface area contributed by atoms with E-state index in [4.69, 9.17) is 5.11 Å². The molecular weight excluding hydrogens is 979 g/mol. The quantitative estimate of drug-likeness (QED) is 0.299. The Kier molecular flexibility index (Phi) is 1080. The second-order valence-corrected chi connectivity index (χ2v) is 0. The summed E-state index contributed by atoms with van der Waals surface area (Å²) in [5.41, 5.74) is 0. The van der Waals surface area contributed by atoms with Crippen molar-refractivity contribution in [2.75, 3.05) is 26.7 Å². The van der Waals surface area contributed by atoms with E-state index >= 15 is 0 Å². The van der Waals surface area contributed by atoms with E-state index < -0.39 is 0 Å². The molecule has 0 aromatic rings. The second kappa shape index (κ2) is 450. The minimum absolute atomic E-state index is 0. The van der Waals surface area contributed by atoms with Gasteiger partial charge < -0.3 is 0 Å². The summed E-state index contributed by atoms with van der Waals surface area (Å²) in [7, 11) is 1.33. The van der Waals surface area contributed by atoms with Gasteiger partial charge in [-0.1, -0.05) is 68.2 Å². The van der Waals surface area contributed by atoms with Gasteiger partial charge in [-0.25, -0.2) is 0 Å². The van der Waals surface area contributed by atoms with E-state index in [1.165, 1.54) is 0 Å². The van der Waals surface area contributed by atoms with Crippen molar-refractivity contribution in [3.8, 4) is 0 Å². The first-order chi connectivity index (χ1) is 8.66. The number of rotatable bonds is 0. The molecule has 0 radical (unpaired) electrons. The van der Waals surface area contributed by atoms with Gasteiger partial charge in [-0.05, 0) is 0 Å². The molecular formula is C10H38P4W4. The van der Waals surface area contributed by atoms with E-state index in [-0.39, 0.29) is 84.3 Å². The van der Waals surface area contributed by atoms with Crippen LogP contribution >= 0.6 is 36.7 Å². The van der Waals surface area contributed by atoms with Crippen LogP contribution in [-0.4, -0.2) is 31.8 Å². The summed E-state index contributed by atoms with van der Waals surface area (Å²) in [5, 5.41) is 0. The summed E-state index contributed by atoms with van der Waals surface area (Å²) in [6.07, 6.45) is 0. The van der Waals surface area contributed by atoms with Crippen molar-refractivity contribution >= 4 is 36.7 Å². The SMILES string of the molecule is CC.CC.CC.[3H]PC.[3H]PC.[3H]PC.[3H]PC.[W].[W].[W].[W]. The van der Waals surface area contributed by atoms with E-state index in [0.717, 1.165) is 0 Å². The smallest absolute Gasteiger partial charge is 0.0543 e. The molecule has 18 heavy (non-hydrogen) atoms. The molecule has 0 nitrogen and oxygen atoms in total. The van der Waals surface area contributed by atoms with Crippen LogP contribution in [0, 0.1) is 0 Å². The average molecular weight is 1030 g/mol. The molecule has 0 rings (SSSR count). The van der Waals surface area contributed by atoms with Crippen molar-refractivity contribution in [3.05, 3.63) is 0 Å². The van der Waals surface area contributed by atoms with Gasteiger partial charge in [0.05, 0.1) is 5.11 Å². The molecule has 4 unspecified atom stereocenters. The molecule has 0 N–H and O–H groups in total. The molecule has 122 valence electrons. The zero-order valence-electron chi connectivity index (χ0n) is 17.6. The van der Waals surface area contributed by atoms with E-state index in [2.05, 4.69) is 0 Å². The van der Waals surface area contributed by atoms with Crippen molar-refractivity contribution in [1.82, 2.24) is 0 Å². The van der Waals surface area contributed by atoms with Gasteiger partial charge in [-0.2, -0.15) is 0 Å². The Morgan fingerprint density at radius 3 is 0.444 bits per heavy atom. The fraction of sp³-hybridized carbons (Fsp3) is 1.00. The maximum Gasteiger partial charge on any atom is 0.0543 e. The van der Waals surface area contributed by atoms with Gasteiger partial charge in [0, 0.05) is 84.3 Å². The third-order valence-corrected chi connectivity index (χ3v) is 0. The normalized spacial score (nSPS) is 7.89. The topological polar surface area (TPSA) is 0 Å². The van der Waals surface area contributed by atoms with Gasteiger partial charge in [0.15, 0.2) is 0 Å². The van der Waals surface area contributed by atoms with Crippen LogP contribution in [0.2, 0.25) is 0 Å². The zero-order chi connectivity index (χ0) is 16.8. The zero-order valence-corrected chi connectivity index (χ0v) is 29.4. The summed E-state index contributed by atoms with van der Waals surface area (Å²) in [4.78, 5) is 0. The molecule has 0 fully saturated rings. The summed E-state index contributed by atoms with van der Waals surface area (Å²) < 4.78 is 24.9. The minimum atomic E-state index is 0. The minimum Gasteiger partial charge on any atom is -0.141 e. The van der Waals surface area contributed by atoms with Gasteiger partial charge in [0.2, 0.25) is 0 Å². The van der Waals surface area contributed by atoms with Crippen LogP contribution in [0.3, 0.4) is 0 Å². The van der Waals surface area contributed by atoms with E-state index in [1.54, 1.807) is 0 Å². The van der Waals surface area contributed by atoms with E-state index in [9.17, 15) is 0 Å². The molecule has 0 heterocycles. The molecule has 0 bridgehead atoms. The third kappa shape index (κ3) is 388. The summed E-state index contributed by atoms with van der Waals surface area (Å²) in [6, 6.07) is 0. The summed E-state index contributed by atoms with van der Waals surface area (Å²) in [6.45, 7) is 19.3. The predicted octanol–water partition coefficient (Wildman–Crippen LogP) is 5.03. The Hall–Kier alpha value is 4.47. The standard InChI is InChI=1S/3C2H6.4CH5P.4W/c7*1-2;;;;/h3*1-2H3;4*2H2,1H3;;;;/i;;;4*2T;;;;. The molecule has 0 amide bonds. The molecule has 4 atom stereocenters. The molecule has 0 aromatic carbocycles. The molecule has 0 saturated heterocycles. The average Bonchev–Trinajstić information content (AvgIpc) is 2.40. The van der Waals surface area contributed by atoms with Crippen LogP contribution in [0.5, 0.6) is 0 Å². The molecule has 0 aromatic heterocycles. The van der Waals surface area contributed by atoms with Gasteiger partial charge in [0.25, 0.3) is 0 Å². The van der Waals surface area contributed by atoms with Gasteiger partial charge in [-0.15, -0.1) is 36.7 Å².